The molecule has 0 unspecified atom stereocenters. The summed E-state index contributed by atoms with van der Waals surface area (Å²) in [6, 6.07) is 5.31. The van der Waals surface area contributed by atoms with Gasteiger partial charge in [-0.1, -0.05) is 11.6 Å². The van der Waals surface area contributed by atoms with E-state index in [1.165, 1.54) is 11.3 Å². The maximum atomic E-state index is 12.8. The number of hydrogen-bond acceptors (Lipinski definition) is 4. The van der Waals surface area contributed by atoms with Crippen LogP contribution in [0.2, 0.25) is 5.02 Å². The predicted molar refractivity (Wildman–Crippen MR) is 76.9 cm³/mol. The van der Waals surface area contributed by atoms with Gasteiger partial charge in [0.15, 0.2) is 0 Å². The first kappa shape index (κ1) is 14.6. The summed E-state index contributed by atoms with van der Waals surface area (Å²) in [5.41, 5.74) is -0.185. The number of halogens is 4. The molecule has 0 amide bonds. The van der Waals surface area contributed by atoms with Crippen LogP contribution in [0, 0.1) is 6.92 Å². The number of alkyl halides is 3. The second-order valence-corrected chi connectivity index (χ2v) is 6.39. The van der Waals surface area contributed by atoms with Crippen molar-refractivity contribution in [3.05, 3.63) is 33.7 Å². The second-order valence-electron chi connectivity index (χ2n) is 4.90. The molecule has 2 aromatic rings. The number of aryl methyl sites for hydroxylation is 1. The highest BCUT2D eigenvalue weighted by atomic mass is 35.5. The highest BCUT2D eigenvalue weighted by Gasteiger charge is 2.57. The van der Waals surface area contributed by atoms with Crippen LogP contribution in [0.15, 0.2) is 23.3 Å². The van der Waals surface area contributed by atoms with E-state index in [0.717, 1.165) is 15.6 Å². The third-order valence-corrected chi connectivity index (χ3v) is 4.99. The standard InChI is InChI=1S/C13H10ClF3N2OS/c1-6-8-4-7(14)2-3-10(8)21-11(6)9-5-12(20,19-18-9)13(15,16)17/h2-4,19-20H,5H2,1H3/t12-/m0/s1. The Morgan fingerprint density at radius 2 is 2.14 bits per heavy atom. The lowest BCUT2D eigenvalue weighted by molar-refractivity contribution is -0.266. The van der Waals surface area contributed by atoms with Gasteiger partial charge in [0.2, 0.25) is 0 Å². The van der Waals surface area contributed by atoms with E-state index in [1.54, 1.807) is 24.5 Å². The highest BCUT2D eigenvalue weighted by Crippen LogP contribution is 2.39. The Bertz CT molecular complexity index is 756. The van der Waals surface area contributed by atoms with Crippen LogP contribution in [0.25, 0.3) is 10.1 Å². The van der Waals surface area contributed by atoms with Crippen molar-refractivity contribution >= 4 is 38.7 Å². The van der Waals surface area contributed by atoms with Crippen LogP contribution >= 0.6 is 22.9 Å². The van der Waals surface area contributed by atoms with Crippen molar-refractivity contribution in [3.63, 3.8) is 0 Å². The van der Waals surface area contributed by atoms with E-state index in [0.29, 0.717) is 9.90 Å². The lowest BCUT2D eigenvalue weighted by Gasteiger charge is -2.24. The summed E-state index contributed by atoms with van der Waals surface area (Å²) in [5.74, 6) is 0. The molecule has 1 aromatic heterocycles. The molecule has 112 valence electrons. The molecule has 1 atom stereocenters. The first-order valence-electron chi connectivity index (χ1n) is 6.03. The van der Waals surface area contributed by atoms with Gasteiger partial charge >= 0.3 is 6.18 Å². The van der Waals surface area contributed by atoms with E-state index in [4.69, 9.17) is 11.6 Å². The number of benzene rings is 1. The summed E-state index contributed by atoms with van der Waals surface area (Å²) in [4.78, 5) is 0.625. The van der Waals surface area contributed by atoms with E-state index < -0.39 is 18.3 Å². The van der Waals surface area contributed by atoms with Gasteiger partial charge < -0.3 is 5.11 Å². The number of nitrogens with one attached hydrogen (secondary N) is 1. The number of nitrogens with zero attached hydrogens (tertiary/aromatic N) is 1. The van der Waals surface area contributed by atoms with E-state index in [9.17, 15) is 18.3 Å². The van der Waals surface area contributed by atoms with Gasteiger partial charge in [-0.2, -0.15) is 18.3 Å². The minimum Gasteiger partial charge on any atom is -0.362 e. The maximum absolute atomic E-state index is 12.8. The quantitative estimate of drug-likeness (QED) is 0.833. The highest BCUT2D eigenvalue weighted by molar-refractivity contribution is 7.21. The zero-order valence-electron chi connectivity index (χ0n) is 10.8. The largest absolute Gasteiger partial charge is 0.438 e. The Morgan fingerprint density at radius 3 is 2.76 bits per heavy atom. The summed E-state index contributed by atoms with van der Waals surface area (Å²) in [6.45, 7) is 1.80. The molecule has 8 heteroatoms. The second kappa shape index (κ2) is 4.59. The summed E-state index contributed by atoms with van der Waals surface area (Å²) < 4.78 is 39.3. The third kappa shape index (κ3) is 2.29. The number of hydrogen-bond donors (Lipinski definition) is 2. The van der Waals surface area contributed by atoms with Crippen LogP contribution in [-0.4, -0.2) is 22.7 Å². The molecular weight excluding hydrogens is 325 g/mol. The minimum absolute atomic E-state index is 0.199. The van der Waals surface area contributed by atoms with Crippen molar-refractivity contribution in [1.82, 2.24) is 5.43 Å². The summed E-state index contributed by atoms with van der Waals surface area (Å²) in [7, 11) is 0. The average Bonchev–Trinajstić information content (AvgIpc) is 2.92. The van der Waals surface area contributed by atoms with Gasteiger partial charge in [-0.25, -0.2) is 0 Å². The zero-order chi connectivity index (χ0) is 15.4. The van der Waals surface area contributed by atoms with Crippen molar-refractivity contribution in [2.24, 2.45) is 5.10 Å². The van der Waals surface area contributed by atoms with Crippen molar-refractivity contribution in [1.29, 1.82) is 0 Å². The summed E-state index contributed by atoms with van der Waals surface area (Å²) >= 11 is 7.27. The Morgan fingerprint density at radius 1 is 1.43 bits per heavy atom. The SMILES string of the molecule is Cc1c(C2=NN[C@@](O)(C(F)(F)F)C2)sc2ccc(Cl)cc12. The van der Waals surface area contributed by atoms with Crippen LogP contribution in [-0.2, 0) is 0 Å². The normalized spacial score (nSPS) is 22.5. The minimum atomic E-state index is -4.79. The molecule has 1 aliphatic heterocycles. The fraction of sp³-hybridized carbons (Fsp3) is 0.308. The van der Waals surface area contributed by atoms with Crippen LogP contribution in [0.1, 0.15) is 16.9 Å². The van der Waals surface area contributed by atoms with Gasteiger partial charge in [-0.15, -0.1) is 11.3 Å². The van der Waals surface area contributed by atoms with Crippen LogP contribution in [0.5, 0.6) is 0 Å². The average molecular weight is 335 g/mol. The molecule has 2 heterocycles. The van der Waals surface area contributed by atoms with E-state index in [2.05, 4.69) is 5.10 Å². The Hall–Kier alpha value is -1.31. The van der Waals surface area contributed by atoms with Crippen LogP contribution in [0.3, 0.4) is 0 Å². The number of aliphatic hydroxyl groups is 1. The molecule has 0 saturated carbocycles. The van der Waals surface area contributed by atoms with Gasteiger partial charge in [-0.05, 0) is 36.1 Å². The molecule has 1 aliphatic rings. The number of fused-ring (bicyclic) bond motifs is 1. The molecule has 21 heavy (non-hydrogen) atoms. The monoisotopic (exact) mass is 334 g/mol. The molecule has 3 nitrogen and oxygen atoms in total. The predicted octanol–water partition coefficient (Wildman–Crippen LogP) is 3.81. The number of hydrazone groups is 1. The molecule has 1 aromatic carbocycles. The number of rotatable bonds is 1. The zero-order valence-corrected chi connectivity index (χ0v) is 12.3. The molecule has 0 spiro atoms. The number of thiophene rings is 1. The Labute approximate surface area is 127 Å². The van der Waals surface area contributed by atoms with Crippen molar-refractivity contribution in [2.75, 3.05) is 0 Å². The first-order valence-corrected chi connectivity index (χ1v) is 7.22. The van der Waals surface area contributed by atoms with Crippen molar-refractivity contribution in [2.45, 2.75) is 25.2 Å². The molecule has 0 radical (unpaired) electrons. The van der Waals surface area contributed by atoms with E-state index >= 15 is 0 Å². The lowest BCUT2D eigenvalue weighted by Crippen LogP contribution is -2.52. The van der Waals surface area contributed by atoms with E-state index in [-0.39, 0.29) is 5.71 Å². The van der Waals surface area contributed by atoms with Gasteiger partial charge in [-0.3, -0.25) is 5.43 Å². The van der Waals surface area contributed by atoms with E-state index in [1.807, 2.05) is 6.07 Å². The lowest BCUT2D eigenvalue weighted by atomic mass is 10.0. The first-order chi connectivity index (χ1) is 9.71. The van der Waals surface area contributed by atoms with Crippen LogP contribution < -0.4 is 5.43 Å². The van der Waals surface area contributed by atoms with Crippen molar-refractivity contribution in [3.8, 4) is 0 Å². The smallest absolute Gasteiger partial charge is 0.362 e. The Kier molecular flexibility index (Phi) is 3.20. The summed E-state index contributed by atoms with van der Waals surface area (Å²) in [5, 5.41) is 14.7. The van der Waals surface area contributed by atoms with Crippen molar-refractivity contribution < 1.29 is 18.3 Å². The molecule has 0 bridgehead atoms. The van der Waals surface area contributed by atoms with Gasteiger partial charge in [0, 0.05) is 9.72 Å². The fourth-order valence-electron chi connectivity index (χ4n) is 2.24. The fourth-order valence-corrected chi connectivity index (χ4v) is 3.59. The van der Waals surface area contributed by atoms with Gasteiger partial charge in [0.05, 0.1) is 17.0 Å². The molecule has 3 rings (SSSR count). The summed E-state index contributed by atoms with van der Waals surface area (Å²) in [6.07, 6.45) is -5.40. The molecular formula is C13H10ClF3N2OS. The Balaban J connectivity index is 2.02. The van der Waals surface area contributed by atoms with Crippen LogP contribution in [0.4, 0.5) is 13.2 Å². The molecule has 0 aliphatic carbocycles. The topological polar surface area (TPSA) is 44.6 Å². The van der Waals surface area contributed by atoms with Gasteiger partial charge in [0.25, 0.3) is 5.72 Å². The third-order valence-electron chi connectivity index (χ3n) is 3.43. The molecule has 0 fully saturated rings. The molecule has 2 N–H and O–H groups in total. The maximum Gasteiger partial charge on any atom is 0.438 e. The molecule has 0 saturated heterocycles. The van der Waals surface area contributed by atoms with Gasteiger partial charge in [0.1, 0.15) is 0 Å².